The van der Waals surface area contributed by atoms with E-state index >= 15 is 0 Å². The fraction of sp³-hybridized carbons (Fsp3) is 0.286. The molecule has 0 atom stereocenters. The average Bonchev–Trinajstić information content (AvgIpc) is 2.92. The van der Waals surface area contributed by atoms with Gasteiger partial charge in [0.05, 0.1) is 42.5 Å². The van der Waals surface area contributed by atoms with Gasteiger partial charge in [-0.25, -0.2) is 4.90 Å². The monoisotopic (exact) mass is 484 g/mol. The van der Waals surface area contributed by atoms with Crippen molar-refractivity contribution >= 4 is 69.8 Å². The molecule has 0 bridgehead atoms. The van der Waals surface area contributed by atoms with Crippen LogP contribution in [-0.4, -0.2) is 35.7 Å². The molecule has 0 radical (unpaired) electrons. The third kappa shape index (κ3) is 3.38. The quantitative estimate of drug-likeness (QED) is 0.292. The molecule has 0 saturated carbocycles. The Balaban J connectivity index is 1.80. The highest BCUT2D eigenvalue weighted by molar-refractivity contribution is 6.56. The van der Waals surface area contributed by atoms with Crippen molar-refractivity contribution in [1.29, 1.82) is 0 Å². The summed E-state index contributed by atoms with van der Waals surface area (Å²) >= 11 is 24.6. The van der Waals surface area contributed by atoms with Crippen LogP contribution in [-0.2, 0) is 0 Å². The van der Waals surface area contributed by atoms with E-state index in [4.69, 9.17) is 46.4 Å². The summed E-state index contributed by atoms with van der Waals surface area (Å²) < 4.78 is 0. The largest absolute Gasteiger partial charge is 0.339 e. The molecule has 30 heavy (non-hydrogen) atoms. The number of nitrogens with zero attached hydrogens (tertiary/aromatic N) is 2. The number of carbonyl (C=O) groups is 3. The van der Waals surface area contributed by atoms with Gasteiger partial charge in [0.25, 0.3) is 17.7 Å². The maximum Gasteiger partial charge on any atom is 0.267 e. The number of anilines is 1. The Morgan fingerprint density at radius 1 is 0.733 bits per heavy atom. The van der Waals surface area contributed by atoms with Gasteiger partial charge >= 0.3 is 0 Å². The molecule has 2 aromatic rings. The van der Waals surface area contributed by atoms with Crippen LogP contribution in [0.5, 0.6) is 0 Å². The van der Waals surface area contributed by atoms with Gasteiger partial charge in [-0.05, 0) is 25.0 Å². The Bertz CT molecular complexity index is 1030. The summed E-state index contributed by atoms with van der Waals surface area (Å²) in [5.41, 5.74) is 0.215. The molecule has 4 rings (SSSR count). The van der Waals surface area contributed by atoms with Crippen molar-refractivity contribution in [2.24, 2.45) is 0 Å². The van der Waals surface area contributed by atoms with Crippen molar-refractivity contribution < 1.29 is 14.4 Å². The zero-order valence-corrected chi connectivity index (χ0v) is 18.7. The Labute approximate surface area is 193 Å². The van der Waals surface area contributed by atoms with Crippen LogP contribution < -0.4 is 4.90 Å². The minimum atomic E-state index is -0.698. The normalized spacial score (nSPS) is 16.7. The zero-order valence-electron chi connectivity index (χ0n) is 15.7. The molecule has 3 amide bonds. The number of likely N-dealkylation sites (tertiary alicyclic amines) is 1. The molecule has 0 unspecified atom stereocenters. The van der Waals surface area contributed by atoms with Crippen molar-refractivity contribution in [3.05, 3.63) is 61.0 Å². The summed E-state index contributed by atoms with van der Waals surface area (Å²) in [6.07, 6.45) is 3.98. The average molecular weight is 486 g/mol. The number of carbonyl (C=O) groups excluding carboxylic acids is 3. The first-order valence-electron chi connectivity index (χ1n) is 9.47. The number of rotatable bonds is 2. The van der Waals surface area contributed by atoms with Gasteiger partial charge < -0.3 is 4.90 Å². The predicted octanol–water partition coefficient (Wildman–Crippen LogP) is 6.12. The lowest BCUT2D eigenvalue weighted by molar-refractivity contribution is 0.0762. The molecule has 0 N–H and O–H groups in total. The third-order valence-electron chi connectivity index (χ3n) is 5.37. The number of hydrogen-bond acceptors (Lipinski definition) is 3. The lowest BCUT2D eigenvalue weighted by Gasteiger charge is -2.24. The van der Waals surface area contributed by atoms with E-state index < -0.39 is 11.8 Å². The summed E-state index contributed by atoms with van der Waals surface area (Å²) in [5.74, 6) is -1.62. The summed E-state index contributed by atoms with van der Waals surface area (Å²) in [4.78, 5) is 42.3. The van der Waals surface area contributed by atoms with E-state index in [-0.39, 0.29) is 48.4 Å². The van der Waals surface area contributed by atoms with Crippen LogP contribution in [0.3, 0.4) is 0 Å². The summed E-state index contributed by atoms with van der Waals surface area (Å²) in [7, 11) is 0. The molecule has 0 spiro atoms. The Kier molecular flexibility index (Phi) is 5.99. The number of benzene rings is 2. The first-order valence-corrected chi connectivity index (χ1v) is 11.0. The minimum absolute atomic E-state index is 0.0981. The Hall–Kier alpha value is -1.79. The Morgan fingerprint density at radius 3 is 1.77 bits per heavy atom. The lowest BCUT2D eigenvalue weighted by Crippen LogP contribution is -2.35. The van der Waals surface area contributed by atoms with Crippen molar-refractivity contribution in [1.82, 2.24) is 4.90 Å². The van der Waals surface area contributed by atoms with Crippen LogP contribution in [0.25, 0.3) is 0 Å². The highest BCUT2D eigenvalue weighted by Gasteiger charge is 2.43. The lowest BCUT2D eigenvalue weighted by atomic mass is 10.1. The maximum absolute atomic E-state index is 13.2. The Morgan fingerprint density at radius 2 is 1.23 bits per heavy atom. The zero-order chi connectivity index (χ0) is 21.6. The number of amides is 3. The molecule has 1 fully saturated rings. The molecule has 9 heteroatoms. The van der Waals surface area contributed by atoms with Crippen molar-refractivity contribution in [3.63, 3.8) is 0 Å². The van der Waals surface area contributed by atoms with Crippen LogP contribution in [0.1, 0.15) is 56.8 Å². The van der Waals surface area contributed by atoms with Gasteiger partial charge in [0.2, 0.25) is 0 Å². The second kappa shape index (κ2) is 8.39. The fourth-order valence-corrected chi connectivity index (χ4v) is 4.88. The third-order valence-corrected chi connectivity index (χ3v) is 7.17. The predicted molar refractivity (Wildman–Crippen MR) is 118 cm³/mol. The number of halogens is 4. The molecule has 0 aromatic heterocycles. The van der Waals surface area contributed by atoms with Crippen LogP contribution >= 0.6 is 46.4 Å². The second-order valence-electron chi connectivity index (χ2n) is 7.18. The minimum Gasteiger partial charge on any atom is -0.339 e. The molecule has 2 aromatic carbocycles. The number of imide groups is 1. The SMILES string of the molecule is O=C(c1ccccc1N1C(=O)c2c(Cl)c(Cl)c(Cl)c(Cl)c2C1=O)N1CCCCCC1. The number of hydrogen-bond donors (Lipinski definition) is 0. The molecule has 2 aliphatic rings. The van der Waals surface area contributed by atoms with Crippen molar-refractivity contribution in [2.45, 2.75) is 25.7 Å². The first-order chi connectivity index (χ1) is 14.3. The van der Waals surface area contributed by atoms with Crippen LogP contribution in [0.15, 0.2) is 24.3 Å². The molecule has 1 saturated heterocycles. The van der Waals surface area contributed by atoms with Gasteiger partial charge in [0.1, 0.15) is 0 Å². The van der Waals surface area contributed by atoms with Crippen LogP contribution in [0.2, 0.25) is 20.1 Å². The van der Waals surface area contributed by atoms with Gasteiger partial charge in [-0.2, -0.15) is 0 Å². The molecular weight excluding hydrogens is 470 g/mol. The molecule has 5 nitrogen and oxygen atoms in total. The molecule has 0 aliphatic carbocycles. The van der Waals surface area contributed by atoms with Gasteiger partial charge in [0.15, 0.2) is 0 Å². The maximum atomic E-state index is 13.2. The van der Waals surface area contributed by atoms with E-state index in [2.05, 4.69) is 0 Å². The molecule has 2 heterocycles. The van der Waals surface area contributed by atoms with Crippen molar-refractivity contribution in [2.75, 3.05) is 18.0 Å². The fourth-order valence-electron chi connectivity index (χ4n) is 3.86. The molecular formula is C21H16Cl4N2O3. The highest BCUT2D eigenvalue weighted by atomic mass is 35.5. The standard InChI is InChI=1S/C21H16Cl4N2O3/c22-15-13-14(16(23)18(25)17(15)24)21(30)27(20(13)29)12-8-4-3-7-11(12)19(28)26-9-5-1-2-6-10-26/h3-4,7-8H,1-2,5-6,9-10H2. The summed E-state index contributed by atoms with van der Waals surface area (Å²) in [6.45, 7) is 1.27. The van der Waals surface area contributed by atoms with Gasteiger partial charge in [-0.1, -0.05) is 71.4 Å². The van der Waals surface area contributed by atoms with E-state index in [1.807, 2.05) is 0 Å². The van der Waals surface area contributed by atoms with Crippen LogP contribution in [0.4, 0.5) is 5.69 Å². The van der Waals surface area contributed by atoms with Gasteiger partial charge in [0, 0.05) is 13.1 Å². The molecule has 2 aliphatic heterocycles. The van der Waals surface area contributed by atoms with E-state index in [9.17, 15) is 14.4 Å². The summed E-state index contributed by atoms with van der Waals surface area (Å²) in [5, 5.41) is -0.477. The van der Waals surface area contributed by atoms with E-state index in [0.29, 0.717) is 13.1 Å². The number of fused-ring (bicyclic) bond motifs is 1. The van der Waals surface area contributed by atoms with E-state index in [1.165, 1.54) is 0 Å². The smallest absolute Gasteiger partial charge is 0.267 e. The van der Waals surface area contributed by atoms with Crippen molar-refractivity contribution in [3.8, 4) is 0 Å². The van der Waals surface area contributed by atoms with Crippen LogP contribution in [0, 0.1) is 0 Å². The second-order valence-corrected chi connectivity index (χ2v) is 8.69. The summed E-state index contributed by atoms with van der Waals surface area (Å²) in [6, 6.07) is 6.51. The van der Waals surface area contributed by atoms with Gasteiger partial charge in [-0.15, -0.1) is 0 Å². The van der Waals surface area contributed by atoms with E-state index in [0.717, 1.165) is 30.6 Å². The highest BCUT2D eigenvalue weighted by Crippen LogP contribution is 2.46. The van der Waals surface area contributed by atoms with Gasteiger partial charge in [-0.3, -0.25) is 14.4 Å². The number of para-hydroxylation sites is 1. The molecule has 156 valence electrons. The van der Waals surface area contributed by atoms with E-state index in [1.54, 1.807) is 29.2 Å². The topological polar surface area (TPSA) is 57.7 Å². The first kappa shape index (κ1) is 21.4.